The molecule has 0 bridgehead atoms. The molecule has 134 valence electrons. The minimum absolute atomic E-state index is 0.0466. The number of hydrogen-bond acceptors (Lipinski definition) is 3. The number of benzene rings is 2. The molecular weight excluding hydrogens is 341 g/mol. The third-order valence-electron chi connectivity index (χ3n) is 4.52. The molecule has 0 amide bonds. The van der Waals surface area contributed by atoms with Gasteiger partial charge in [-0.1, -0.05) is 18.2 Å². The van der Waals surface area contributed by atoms with E-state index in [-0.39, 0.29) is 10.9 Å². The van der Waals surface area contributed by atoms with Crippen LogP contribution >= 0.6 is 0 Å². The maximum atomic E-state index is 13.6. The van der Waals surface area contributed by atoms with Crippen LogP contribution in [0, 0.1) is 12.7 Å². The van der Waals surface area contributed by atoms with Gasteiger partial charge in [-0.15, -0.1) is 0 Å². The Labute approximate surface area is 148 Å². The Bertz CT molecular complexity index is 849. The molecule has 2 aromatic rings. The van der Waals surface area contributed by atoms with E-state index in [1.165, 1.54) is 16.4 Å². The van der Waals surface area contributed by atoms with Crippen molar-refractivity contribution in [3.63, 3.8) is 0 Å². The average molecular weight is 363 g/mol. The monoisotopic (exact) mass is 363 g/mol. The van der Waals surface area contributed by atoms with Gasteiger partial charge in [0.2, 0.25) is 10.0 Å². The van der Waals surface area contributed by atoms with Gasteiger partial charge in [-0.3, -0.25) is 0 Å². The number of ether oxygens (including phenoxy) is 1. The highest BCUT2D eigenvalue weighted by Crippen LogP contribution is 2.37. The summed E-state index contributed by atoms with van der Waals surface area (Å²) >= 11 is 0. The van der Waals surface area contributed by atoms with E-state index in [0.29, 0.717) is 18.7 Å². The molecule has 1 fully saturated rings. The summed E-state index contributed by atoms with van der Waals surface area (Å²) in [5.41, 5.74) is 1.48. The zero-order valence-corrected chi connectivity index (χ0v) is 15.2. The summed E-state index contributed by atoms with van der Waals surface area (Å²) in [5, 5.41) is 0. The molecule has 0 saturated carbocycles. The molecular formula is C19H22FNO3S. The zero-order valence-electron chi connectivity index (χ0n) is 14.4. The SMILES string of the molecule is CCOc1ccc(C2CCCN2S(=O)(=O)c2cc(F)ccc2C)cc1. The lowest BCUT2D eigenvalue weighted by molar-refractivity contribution is 0.339. The summed E-state index contributed by atoms with van der Waals surface area (Å²) < 4.78 is 46.7. The van der Waals surface area contributed by atoms with Gasteiger partial charge >= 0.3 is 0 Å². The third kappa shape index (κ3) is 3.55. The van der Waals surface area contributed by atoms with Crippen LogP contribution in [-0.2, 0) is 10.0 Å². The van der Waals surface area contributed by atoms with Crippen LogP contribution in [0.5, 0.6) is 5.75 Å². The Kier molecular flexibility index (Phi) is 5.11. The van der Waals surface area contributed by atoms with E-state index in [1.807, 2.05) is 31.2 Å². The molecule has 1 unspecified atom stereocenters. The fourth-order valence-corrected chi connectivity index (χ4v) is 5.21. The summed E-state index contributed by atoms with van der Waals surface area (Å²) in [7, 11) is -3.75. The van der Waals surface area contributed by atoms with Crippen molar-refractivity contribution in [1.82, 2.24) is 4.31 Å². The predicted molar refractivity (Wildman–Crippen MR) is 94.6 cm³/mol. The highest BCUT2D eigenvalue weighted by Gasteiger charge is 2.37. The van der Waals surface area contributed by atoms with Crippen molar-refractivity contribution in [2.24, 2.45) is 0 Å². The van der Waals surface area contributed by atoms with Gasteiger partial charge in [-0.05, 0) is 62.1 Å². The van der Waals surface area contributed by atoms with Gasteiger partial charge in [-0.25, -0.2) is 12.8 Å². The van der Waals surface area contributed by atoms with E-state index in [4.69, 9.17) is 4.74 Å². The Morgan fingerprint density at radius 2 is 1.92 bits per heavy atom. The van der Waals surface area contributed by atoms with Gasteiger partial charge < -0.3 is 4.74 Å². The molecule has 0 radical (unpaired) electrons. The molecule has 2 aromatic carbocycles. The van der Waals surface area contributed by atoms with E-state index >= 15 is 0 Å². The fourth-order valence-electron chi connectivity index (χ4n) is 3.29. The second kappa shape index (κ2) is 7.14. The number of aryl methyl sites for hydroxylation is 1. The van der Waals surface area contributed by atoms with Crippen LogP contribution in [0.2, 0.25) is 0 Å². The van der Waals surface area contributed by atoms with Crippen molar-refractivity contribution in [3.8, 4) is 5.75 Å². The van der Waals surface area contributed by atoms with Crippen LogP contribution in [0.1, 0.15) is 36.9 Å². The lowest BCUT2D eigenvalue weighted by Crippen LogP contribution is -2.31. The van der Waals surface area contributed by atoms with Crippen LogP contribution in [0.4, 0.5) is 4.39 Å². The molecule has 0 aliphatic carbocycles. The maximum absolute atomic E-state index is 13.6. The first-order valence-electron chi connectivity index (χ1n) is 8.44. The van der Waals surface area contributed by atoms with Crippen molar-refractivity contribution in [1.29, 1.82) is 0 Å². The molecule has 3 rings (SSSR count). The highest BCUT2D eigenvalue weighted by molar-refractivity contribution is 7.89. The molecule has 0 aromatic heterocycles. The highest BCUT2D eigenvalue weighted by atomic mass is 32.2. The standard InChI is InChI=1S/C19H22FNO3S/c1-3-24-17-10-7-15(8-11-17)18-5-4-12-21(18)25(22,23)19-13-16(20)9-6-14(19)2/h6-11,13,18H,3-5,12H2,1-2H3. The van der Waals surface area contributed by atoms with Gasteiger partial charge in [0.15, 0.2) is 0 Å². The van der Waals surface area contributed by atoms with Gasteiger partial charge in [0.25, 0.3) is 0 Å². The third-order valence-corrected chi connectivity index (χ3v) is 6.57. The topological polar surface area (TPSA) is 46.6 Å². The quantitative estimate of drug-likeness (QED) is 0.805. The number of sulfonamides is 1. The normalized spacial score (nSPS) is 18.4. The fraction of sp³-hybridized carbons (Fsp3) is 0.368. The average Bonchev–Trinajstić information content (AvgIpc) is 3.08. The Morgan fingerprint density at radius 1 is 1.20 bits per heavy atom. The number of rotatable bonds is 5. The number of halogens is 1. The van der Waals surface area contributed by atoms with Crippen LogP contribution in [0.15, 0.2) is 47.4 Å². The van der Waals surface area contributed by atoms with Crippen molar-refractivity contribution in [2.75, 3.05) is 13.2 Å². The number of hydrogen-bond donors (Lipinski definition) is 0. The second-order valence-corrected chi connectivity index (χ2v) is 8.04. The van der Waals surface area contributed by atoms with Crippen LogP contribution < -0.4 is 4.74 Å². The molecule has 1 saturated heterocycles. The first kappa shape index (κ1) is 17.9. The van der Waals surface area contributed by atoms with E-state index in [1.54, 1.807) is 6.92 Å². The van der Waals surface area contributed by atoms with Crippen LogP contribution in [-0.4, -0.2) is 25.9 Å². The largest absolute Gasteiger partial charge is 0.494 e. The zero-order chi connectivity index (χ0) is 18.0. The molecule has 1 aliphatic rings. The van der Waals surface area contributed by atoms with Gasteiger partial charge in [0.1, 0.15) is 11.6 Å². The first-order chi connectivity index (χ1) is 11.9. The van der Waals surface area contributed by atoms with Crippen molar-refractivity contribution >= 4 is 10.0 Å². The predicted octanol–water partition coefficient (Wildman–Crippen LogP) is 4.06. The molecule has 4 nitrogen and oxygen atoms in total. The van der Waals surface area contributed by atoms with E-state index in [2.05, 4.69) is 0 Å². The Hall–Kier alpha value is -1.92. The first-order valence-corrected chi connectivity index (χ1v) is 9.88. The second-order valence-electron chi connectivity index (χ2n) is 6.19. The van der Waals surface area contributed by atoms with Crippen molar-refractivity contribution in [2.45, 2.75) is 37.6 Å². The Morgan fingerprint density at radius 3 is 2.60 bits per heavy atom. The maximum Gasteiger partial charge on any atom is 0.243 e. The summed E-state index contributed by atoms with van der Waals surface area (Å²) in [4.78, 5) is 0.0466. The van der Waals surface area contributed by atoms with E-state index < -0.39 is 15.8 Å². The van der Waals surface area contributed by atoms with Gasteiger partial charge in [0, 0.05) is 6.54 Å². The number of nitrogens with zero attached hydrogens (tertiary/aromatic N) is 1. The van der Waals surface area contributed by atoms with E-state index in [0.717, 1.165) is 30.2 Å². The van der Waals surface area contributed by atoms with Gasteiger partial charge in [0.05, 0.1) is 17.5 Å². The molecule has 1 atom stereocenters. The minimum Gasteiger partial charge on any atom is -0.494 e. The minimum atomic E-state index is -3.75. The summed E-state index contributed by atoms with van der Waals surface area (Å²) in [6.45, 7) is 4.63. The summed E-state index contributed by atoms with van der Waals surface area (Å²) in [6.07, 6.45) is 1.53. The van der Waals surface area contributed by atoms with Crippen LogP contribution in [0.3, 0.4) is 0 Å². The lowest BCUT2D eigenvalue weighted by Gasteiger charge is -2.25. The van der Waals surface area contributed by atoms with E-state index in [9.17, 15) is 12.8 Å². The van der Waals surface area contributed by atoms with Crippen molar-refractivity contribution in [3.05, 3.63) is 59.4 Å². The lowest BCUT2D eigenvalue weighted by atomic mass is 10.1. The smallest absolute Gasteiger partial charge is 0.243 e. The molecule has 1 heterocycles. The molecule has 0 N–H and O–H groups in total. The van der Waals surface area contributed by atoms with Crippen molar-refractivity contribution < 1.29 is 17.5 Å². The molecule has 1 aliphatic heterocycles. The molecule has 25 heavy (non-hydrogen) atoms. The van der Waals surface area contributed by atoms with Gasteiger partial charge in [-0.2, -0.15) is 4.31 Å². The summed E-state index contributed by atoms with van der Waals surface area (Å²) in [6, 6.07) is 11.2. The summed E-state index contributed by atoms with van der Waals surface area (Å²) in [5.74, 6) is 0.223. The molecule has 0 spiro atoms. The van der Waals surface area contributed by atoms with Crippen LogP contribution in [0.25, 0.3) is 0 Å². The Balaban J connectivity index is 1.94. The molecule has 6 heteroatoms.